The Morgan fingerprint density at radius 1 is 1.15 bits per heavy atom. The number of aryl methyl sites for hydroxylation is 1. The van der Waals surface area contributed by atoms with Gasteiger partial charge >= 0.3 is 5.97 Å². The van der Waals surface area contributed by atoms with Crippen molar-refractivity contribution in [2.45, 2.75) is 41.2 Å². The first-order chi connectivity index (χ1) is 12.2. The molecule has 0 aliphatic rings. The van der Waals surface area contributed by atoms with Crippen LogP contribution in [0.25, 0.3) is 10.9 Å². The third-order valence-electron chi connectivity index (χ3n) is 4.36. The zero-order valence-corrected chi connectivity index (χ0v) is 16.7. The Morgan fingerprint density at radius 2 is 1.77 bits per heavy atom. The lowest BCUT2D eigenvalue weighted by molar-refractivity contribution is 0.0601. The highest BCUT2D eigenvalue weighted by molar-refractivity contribution is 5.94. The highest BCUT2D eigenvalue weighted by Gasteiger charge is 2.17. The molecule has 26 heavy (non-hydrogen) atoms. The van der Waals surface area contributed by atoms with Gasteiger partial charge in [-0.25, -0.2) is 4.79 Å². The Hall–Kier alpha value is -2.14. The van der Waals surface area contributed by atoms with Crippen LogP contribution < -0.4 is 5.43 Å². The smallest absolute Gasteiger partial charge is 0.337 e. The van der Waals surface area contributed by atoms with Gasteiger partial charge in [-0.1, -0.05) is 27.7 Å². The van der Waals surface area contributed by atoms with Crippen molar-refractivity contribution >= 4 is 16.9 Å². The van der Waals surface area contributed by atoms with E-state index in [0.717, 1.165) is 29.9 Å². The Kier molecular flexibility index (Phi) is 6.59. The average molecular weight is 358 g/mol. The summed E-state index contributed by atoms with van der Waals surface area (Å²) in [6.45, 7) is 13.2. The first-order valence-corrected chi connectivity index (χ1v) is 9.19. The van der Waals surface area contributed by atoms with E-state index in [2.05, 4.69) is 37.6 Å². The van der Waals surface area contributed by atoms with Gasteiger partial charge in [0, 0.05) is 41.8 Å². The minimum absolute atomic E-state index is 0.0143. The molecule has 1 N–H and O–H groups in total. The lowest BCUT2D eigenvalue weighted by Gasteiger charge is -2.26. The molecular formula is C21H30N2O3. The second-order valence-corrected chi connectivity index (χ2v) is 7.79. The van der Waals surface area contributed by atoms with E-state index in [-0.39, 0.29) is 5.43 Å². The Balaban J connectivity index is 2.48. The van der Waals surface area contributed by atoms with Crippen LogP contribution in [0.15, 0.2) is 23.0 Å². The SMILES string of the molecule is COC(=O)c1ccc2[nH]c(C)c(CN(CC(C)C)CC(C)C)c(=O)c2c1. The molecule has 2 rings (SSSR count). The van der Waals surface area contributed by atoms with Gasteiger partial charge in [0.15, 0.2) is 5.43 Å². The number of hydrogen-bond donors (Lipinski definition) is 1. The van der Waals surface area contributed by atoms with E-state index in [9.17, 15) is 9.59 Å². The number of rotatable bonds is 7. The molecule has 0 aliphatic heterocycles. The molecule has 0 atom stereocenters. The monoisotopic (exact) mass is 358 g/mol. The van der Waals surface area contributed by atoms with E-state index in [1.165, 1.54) is 7.11 Å². The maximum absolute atomic E-state index is 13.1. The number of nitrogens with one attached hydrogen (secondary N) is 1. The summed E-state index contributed by atoms with van der Waals surface area (Å²) in [7, 11) is 1.34. The minimum Gasteiger partial charge on any atom is -0.465 e. The predicted molar refractivity (Wildman–Crippen MR) is 106 cm³/mol. The van der Waals surface area contributed by atoms with Crippen molar-refractivity contribution in [1.29, 1.82) is 0 Å². The van der Waals surface area contributed by atoms with Crippen LogP contribution in [0.5, 0.6) is 0 Å². The van der Waals surface area contributed by atoms with Crippen molar-refractivity contribution in [2.75, 3.05) is 20.2 Å². The first kappa shape index (κ1) is 20.2. The Morgan fingerprint density at radius 3 is 2.31 bits per heavy atom. The minimum atomic E-state index is -0.435. The third kappa shape index (κ3) is 4.73. The van der Waals surface area contributed by atoms with Gasteiger partial charge in [-0.15, -0.1) is 0 Å². The van der Waals surface area contributed by atoms with E-state index in [1.807, 2.05) is 6.92 Å². The van der Waals surface area contributed by atoms with Gasteiger partial charge in [-0.3, -0.25) is 9.69 Å². The largest absolute Gasteiger partial charge is 0.465 e. The average Bonchev–Trinajstić information content (AvgIpc) is 2.56. The summed E-state index contributed by atoms with van der Waals surface area (Å²) in [5, 5.41) is 0.530. The van der Waals surface area contributed by atoms with Gasteiger partial charge in [-0.05, 0) is 37.0 Å². The number of ether oxygens (including phenoxy) is 1. The number of fused-ring (bicyclic) bond motifs is 1. The summed E-state index contributed by atoms with van der Waals surface area (Å²) in [5.74, 6) is 0.619. The fourth-order valence-corrected chi connectivity index (χ4v) is 3.35. The molecule has 0 fully saturated rings. The highest BCUT2D eigenvalue weighted by atomic mass is 16.5. The van der Waals surface area contributed by atoms with E-state index in [1.54, 1.807) is 18.2 Å². The van der Waals surface area contributed by atoms with Gasteiger partial charge in [-0.2, -0.15) is 0 Å². The molecule has 0 saturated heterocycles. The first-order valence-electron chi connectivity index (χ1n) is 9.19. The molecule has 5 heteroatoms. The molecule has 1 heterocycles. The number of H-pyrrole nitrogens is 1. The number of hydrogen-bond acceptors (Lipinski definition) is 4. The van der Waals surface area contributed by atoms with Crippen LogP contribution in [0.4, 0.5) is 0 Å². The fourth-order valence-electron chi connectivity index (χ4n) is 3.35. The Labute approximate surface area is 155 Å². The number of pyridine rings is 1. The summed E-state index contributed by atoms with van der Waals surface area (Å²) >= 11 is 0. The molecule has 0 saturated carbocycles. The lowest BCUT2D eigenvalue weighted by Crippen LogP contribution is -2.33. The van der Waals surface area contributed by atoms with Gasteiger partial charge < -0.3 is 9.72 Å². The van der Waals surface area contributed by atoms with Crippen LogP contribution >= 0.6 is 0 Å². The van der Waals surface area contributed by atoms with Crippen molar-refractivity contribution in [1.82, 2.24) is 9.88 Å². The zero-order chi connectivity index (χ0) is 19.4. The summed E-state index contributed by atoms with van der Waals surface area (Å²) in [5.41, 5.74) is 2.76. The van der Waals surface area contributed by atoms with Gasteiger partial charge in [0.25, 0.3) is 0 Å². The van der Waals surface area contributed by atoms with Crippen LogP contribution in [-0.2, 0) is 11.3 Å². The maximum Gasteiger partial charge on any atom is 0.337 e. The van der Waals surface area contributed by atoms with Crippen molar-refractivity contribution in [3.63, 3.8) is 0 Å². The summed E-state index contributed by atoms with van der Waals surface area (Å²) in [6, 6.07) is 5.06. The number of carbonyl (C=O) groups is 1. The molecule has 0 unspecified atom stereocenters. The van der Waals surface area contributed by atoms with Crippen LogP contribution in [0.3, 0.4) is 0 Å². The van der Waals surface area contributed by atoms with Gasteiger partial charge in [0.2, 0.25) is 0 Å². The number of nitrogens with zero attached hydrogens (tertiary/aromatic N) is 1. The number of methoxy groups -OCH3 is 1. The standard InChI is InChI=1S/C21H30N2O3/c1-13(2)10-23(11-14(3)4)12-18-15(5)22-19-8-7-16(21(25)26-6)9-17(19)20(18)24/h7-9,13-14H,10-12H2,1-6H3,(H,22,24). The third-order valence-corrected chi connectivity index (χ3v) is 4.36. The summed E-state index contributed by atoms with van der Waals surface area (Å²) in [4.78, 5) is 30.6. The van der Waals surface area contributed by atoms with E-state index >= 15 is 0 Å². The second kappa shape index (κ2) is 8.49. The van der Waals surface area contributed by atoms with Crippen LogP contribution in [0.2, 0.25) is 0 Å². The zero-order valence-electron chi connectivity index (χ0n) is 16.7. The molecule has 2 aromatic rings. The molecule has 0 spiro atoms. The molecule has 142 valence electrons. The molecule has 1 aromatic carbocycles. The van der Waals surface area contributed by atoms with Crippen LogP contribution in [0, 0.1) is 18.8 Å². The van der Waals surface area contributed by atoms with Crippen molar-refractivity contribution < 1.29 is 9.53 Å². The second-order valence-electron chi connectivity index (χ2n) is 7.79. The summed E-state index contributed by atoms with van der Waals surface area (Å²) in [6.07, 6.45) is 0. The number of aromatic amines is 1. The highest BCUT2D eigenvalue weighted by Crippen LogP contribution is 2.16. The predicted octanol–water partition coefficient (Wildman–Crippen LogP) is 3.74. The molecular weight excluding hydrogens is 328 g/mol. The summed E-state index contributed by atoms with van der Waals surface area (Å²) < 4.78 is 4.77. The quantitative estimate of drug-likeness (QED) is 0.766. The van der Waals surface area contributed by atoms with Crippen molar-refractivity contribution in [3.05, 3.63) is 45.2 Å². The molecule has 0 aliphatic carbocycles. The molecule has 5 nitrogen and oxygen atoms in total. The molecule has 1 aromatic heterocycles. The van der Waals surface area contributed by atoms with Crippen LogP contribution in [-0.4, -0.2) is 36.1 Å². The van der Waals surface area contributed by atoms with Gasteiger partial charge in [0.05, 0.1) is 12.7 Å². The number of carbonyl (C=O) groups excluding carboxylic acids is 1. The fraction of sp³-hybridized carbons (Fsp3) is 0.524. The topological polar surface area (TPSA) is 62.4 Å². The van der Waals surface area contributed by atoms with Crippen LogP contribution in [0.1, 0.15) is 49.3 Å². The molecule has 0 bridgehead atoms. The normalized spacial score (nSPS) is 11.7. The number of aromatic nitrogens is 1. The number of esters is 1. The van der Waals surface area contributed by atoms with E-state index in [4.69, 9.17) is 4.74 Å². The maximum atomic E-state index is 13.1. The van der Waals surface area contributed by atoms with Crippen molar-refractivity contribution in [2.24, 2.45) is 11.8 Å². The molecule has 0 amide bonds. The lowest BCUT2D eigenvalue weighted by atomic mass is 10.0. The van der Waals surface area contributed by atoms with E-state index in [0.29, 0.717) is 29.3 Å². The Bertz CT molecular complexity index is 827. The van der Waals surface area contributed by atoms with Gasteiger partial charge in [0.1, 0.15) is 0 Å². The number of benzene rings is 1. The van der Waals surface area contributed by atoms with Crippen molar-refractivity contribution in [3.8, 4) is 0 Å². The molecule has 0 radical (unpaired) electrons. The van der Waals surface area contributed by atoms with E-state index < -0.39 is 5.97 Å².